The number of urea groups is 1. The molecule has 0 unspecified atom stereocenters. The predicted octanol–water partition coefficient (Wildman–Crippen LogP) is 1.78. The third-order valence-electron chi connectivity index (χ3n) is 4.34. The minimum atomic E-state index is -0.776. The highest BCUT2D eigenvalue weighted by Crippen LogP contribution is 2.24. The van der Waals surface area contributed by atoms with Gasteiger partial charge < -0.3 is 14.1 Å². The van der Waals surface area contributed by atoms with Crippen LogP contribution in [-0.4, -0.2) is 44.1 Å². The van der Waals surface area contributed by atoms with Crippen molar-refractivity contribution in [3.05, 3.63) is 53.8 Å². The first-order chi connectivity index (χ1) is 13.1. The third kappa shape index (κ3) is 3.34. The first kappa shape index (κ1) is 17.0. The summed E-state index contributed by atoms with van der Waals surface area (Å²) in [7, 11) is 0. The minimum absolute atomic E-state index is 0.165. The number of amides is 4. The molecule has 0 saturated carbocycles. The molecule has 27 heavy (non-hydrogen) atoms. The predicted molar refractivity (Wildman–Crippen MR) is 97.2 cm³/mol. The summed E-state index contributed by atoms with van der Waals surface area (Å²) in [6.07, 6.45) is 1.35. The molecule has 0 atom stereocenters. The van der Waals surface area contributed by atoms with E-state index in [1.165, 1.54) is 6.08 Å². The number of nitrogens with zero attached hydrogens (tertiary/aromatic N) is 2. The van der Waals surface area contributed by atoms with Crippen molar-refractivity contribution < 1.29 is 23.5 Å². The molecule has 4 rings (SSSR count). The van der Waals surface area contributed by atoms with Crippen LogP contribution >= 0.6 is 0 Å². The van der Waals surface area contributed by atoms with Gasteiger partial charge in [-0.15, -0.1) is 0 Å². The molecule has 8 nitrogen and oxygen atoms in total. The van der Waals surface area contributed by atoms with Crippen LogP contribution in [0.15, 0.2) is 52.5 Å². The monoisotopic (exact) mass is 367 g/mol. The second-order valence-corrected chi connectivity index (χ2v) is 6.07. The van der Waals surface area contributed by atoms with Gasteiger partial charge in [0.15, 0.2) is 5.88 Å². The van der Waals surface area contributed by atoms with Gasteiger partial charge in [-0.25, -0.2) is 9.69 Å². The van der Waals surface area contributed by atoms with E-state index in [-0.39, 0.29) is 5.57 Å². The van der Waals surface area contributed by atoms with E-state index in [4.69, 9.17) is 9.15 Å². The first-order valence-electron chi connectivity index (χ1n) is 8.52. The van der Waals surface area contributed by atoms with E-state index in [1.807, 2.05) is 4.90 Å². The topological polar surface area (TPSA) is 92.1 Å². The standard InChI is InChI=1S/C19H17N3O5/c23-17-15(12-14-6-7-16(27-14)21-8-10-26-11-9-21)18(24)22(19(25)20-17)13-4-2-1-3-5-13/h1-7,12H,8-11H2,(H,20,23,25). The molecule has 3 heterocycles. The number of morpholine rings is 1. The maximum atomic E-state index is 12.8. The zero-order valence-electron chi connectivity index (χ0n) is 14.4. The number of carbonyl (C=O) groups is 3. The van der Waals surface area contributed by atoms with Gasteiger partial charge in [-0.2, -0.15) is 0 Å². The van der Waals surface area contributed by atoms with Crippen molar-refractivity contribution >= 4 is 35.5 Å². The van der Waals surface area contributed by atoms with Gasteiger partial charge >= 0.3 is 6.03 Å². The maximum absolute atomic E-state index is 12.8. The highest BCUT2D eigenvalue weighted by molar-refractivity contribution is 6.39. The molecule has 1 aromatic heterocycles. The summed E-state index contributed by atoms with van der Waals surface area (Å²) in [5, 5.41) is 2.19. The van der Waals surface area contributed by atoms with E-state index in [2.05, 4.69) is 5.32 Å². The van der Waals surface area contributed by atoms with Gasteiger partial charge in [-0.1, -0.05) is 18.2 Å². The number of hydrogen-bond donors (Lipinski definition) is 1. The van der Waals surface area contributed by atoms with Crippen molar-refractivity contribution in [3.63, 3.8) is 0 Å². The summed E-state index contributed by atoms with van der Waals surface area (Å²) in [6, 6.07) is 11.1. The molecule has 0 aliphatic carbocycles. The van der Waals surface area contributed by atoms with Crippen LogP contribution < -0.4 is 15.1 Å². The third-order valence-corrected chi connectivity index (χ3v) is 4.34. The van der Waals surface area contributed by atoms with Crippen molar-refractivity contribution in [1.29, 1.82) is 0 Å². The Hall–Kier alpha value is -3.39. The van der Waals surface area contributed by atoms with Crippen molar-refractivity contribution in [2.24, 2.45) is 0 Å². The summed E-state index contributed by atoms with van der Waals surface area (Å²) in [5.74, 6) is -0.442. The second kappa shape index (κ2) is 7.08. The SMILES string of the molecule is O=C1NC(=O)N(c2ccccc2)C(=O)C1=Cc1ccc(N2CCOCC2)o1. The molecule has 2 fully saturated rings. The van der Waals surface area contributed by atoms with Gasteiger partial charge in [0.2, 0.25) is 0 Å². The molecule has 0 bridgehead atoms. The van der Waals surface area contributed by atoms with E-state index in [0.29, 0.717) is 43.6 Å². The lowest BCUT2D eigenvalue weighted by atomic mass is 10.1. The number of nitrogens with one attached hydrogen (secondary N) is 1. The van der Waals surface area contributed by atoms with Crippen LogP contribution in [0.1, 0.15) is 5.76 Å². The van der Waals surface area contributed by atoms with Crippen LogP contribution in [0, 0.1) is 0 Å². The van der Waals surface area contributed by atoms with Gasteiger partial charge in [0, 0.05) is 19.2 Å². The number of barbiturate groups is 1. The van der Waals surface area contributed by atoms with Crippen LogP contribution in [0.5, 0.6) is 0 Å². The molecular weight excluding hydrogens is 350 g/mol. The van der Waals surface area contributed by atoms with Crippen LogP contribution in [0.25, 0.3) is 6.08 Å². The Morgan fingerprint density at radius 2 is 1.70 bits per heavy atom. The molecule has 0 radical (unpaired) electrons. The van der Waals surface area contributed by atoms with Crippen LogP contribution in [0.2, 0.25) is 0 Å². The smallest absolute Gasteiger partial charge is 0.335 e. The normalized spacial score (nSPS) is 19.6. The van der Waals surface area contributed by atoms with Crippen LogP contribution in [0.4, 0.5) is 16.4 Å². The quantitative estimate of drug-likeness (QED) is 0.657. The van der Waals surface area contributed by atoms with Gasteiger partial charge in [0.1, 0.15) is 11.3 Å². The lowest BCUT2D eigenvalue weighted by molar-refractivity contribution is -0.122. The number of furan rings is 1. The summed E-state index contributed by atoms with van der Waals surface area (Å²) < 4.78 is 11.1. The fraction of sp³-hybridized carbons (Fsp3) is 0.211. The van der Waals surface area contributed by atoms with Crippen molar-refractivity contribution in [3.8, 4) is 0 Å². The molecule has 2 saturated heterocycles. The number of carbonyl (C=O) groups excluding carboxylic acids is 3. The molecule has 0 spiro atoms. The van der Waals surface area contributed by atoms with E-state index in [1.54, 1.807) is 42.5 Å². The molecule has 1 N–H and O–H groups in total. The largest absolute Gasteiger partial charge is 0.441 e. The Labute approximate surface area is 155 Å². The lowest BCUT2D eigenvalue weighted by Crippen LogP contribution is -2.54. The van der Waals surface area contributed by atoms with Crippen LogP contribution in [-0.2, 0) is 14.3 Å². The number of rotatable bonds is 3. The highest BCUT2D eigenvalue weighted by Gasteiger charge is 2.37. The Kier molecular flexibility index (Phi) is 4.47. The van der Waals surface area contributed by atoms with Crippen molar-refractivity contribution in [1.82, 2.24) is 5.32 Å². The average molecular weight is 367 g/mol. The molecular formula is C19H17N3O5. The van der Waals surface area contributed by atoms with E-state index in [0.717, 1.165) is 4.90 Å². The van der Waals surface area contributed by atoms with Gasteiger partial charge in [0.25, 0.3) is 11.8 Å². The maximum Gasteiger partial charge on any atom is 0.335 e. The molecule has 2 aliphatic heterocycles. The number of anilines is 2. The van der Waals surface area contributed by atoms with E-state index in [9.17, 15) is 14.4 Å². The molecule has 4 amide bonds. The Morgan fingerprint density at radius 1 is 0.963 bits per heavy atom. The summed E-state index contributed by atoms with van der Waals surface area (Å²) in [6.45, 7) is 2.65. The van der Waals surface area contributed by atoms with Gasteiger partial charge in [0.05, 0.1) is 18.9 Å². The van der Waals surface area contributed by atoms with E-state index < -0.39 is 17.8 Å². The number of imide groups is 2. The summed E-state index contributed by atoms with van der Waals surface area (Å²) in [5.41, 5.74) is 0.216. The molecule has 2 aromatic rings. The Balaban J connectivity index is 1.62. The van der Waals surface area contributed by atoms with Gasteiger partial charge in [-0.3, -0.25) is 14.9 Å². The Bertz CT molecular complexity index is 912. The Morgan fingerprint density at radius 3 is 2.44 bits per heavy atom. The first-order valence-corrected chi connectivity index (χ1v) is 8.52. The lowest BCUT2D eigenvalue weighted by Gasteiger charge is -2.26. The number of benzene rings is 1. The highest BCUT2D eigenvalue weighted by atomic mass is 16.5. The van der Waals surface area contributed by atoms with E-state index >= 15 is 0 Å². The molecule has 2 aliphatic rings. The fourth-order valence-corrected chi connectivity index (χ4v) is 2.98. The molecule has 138 valence electrons. The van der Waals surface area contributed by atoms with Crippen molar-refractivity contribution in [2.75, 3.05) is 36.1 Å². The van der Waals surface area contributed by atoms with Crippen molar-refractivity contribution in [2.45, 2.75) is 0 Å². The number of para-hydroxylation sites is 1. The zero-order valence-corrected chi connectivity index (χ0v) is 14.4. The minimum Gasteiger partial charge on any atom is -0.441 e. The van der Waals surface area contributed by atoms with Gasteiger partial charge in [-0.05, 0) is 24.3 Å². The second-order valence-electron chi connectivity index (χ2n) is 6.07. The number of ether oxygens (including phenoxy) is 1. The number of hydrogen-bond acceptors (Lipinski definition) is 6. The average Bonchev–Trinajstić information content (AvgIpc) is 3.15. The summed E-state index contributed by atoms with van der Waals surface area (Å²) in [4.78, 5) is 40.0. The van der Waals surface area contributed by atoms with Crippen LogP contribution in [0.3, 0.4) is 0 Å². The summed E-state index contributed by atoms with van der Waals surface area (Å²) >= 11 is 0. The molecule has 8 heteroatoms. The zero-order chi connectivity index (χ0) is 18.8. The molecule has 1 aromatic carbocycles. The fourth-order valence-electron chi connectivity index (χ4n) is 2.98.